The maximum atomic E-state index is 12.3. The van der Waals surface area contributed by atoms with Gasteiger partial charge in [-0.15, -0.1) is 0 Å². The Bertz CT molecular complexity index is 1130. The first-order valence-electron chi connectivity index (χ1n) is 9.59. The van der Waals surface area contributed by atoms with Crippen LogP contribution in [0, 0.1) is 10.1 Å². The fourth-order valence-corrected chi connectivity index (χ4v) is 2.98. The van der Waals surface area contributed by atoms with Crippen LogP contribution in [-0.4, -0.2) is 52.4 Å². The van der Waals surface area contributed by atoms with E-state index in [-0.39, 0.29) is 24.7 Å². The number of nitro benzene ring substituents is 1. The number of rotatable bonds is 9. The van der Waals surface area contributed by atoms with Gasteiger partial charge < -0.3 is 21.1 Å². The number of aromatic nitrogens is 2. The van der Waals surface area contributed by atoms with Crippen molar-refractivity contribution in [3.63, 3.8) is 0 Å². The van der Waals surface area contributed by atoms with Crippen molar-refractivity contribution in [2.45, 2.75) is 6.92 Å². The van der Waals surface area contributed by atoms with Gasteiger partial charge in [0.25, 0.3) is 11.6 Å². The lowest BCUT2D eigenvalue weighted by Gasteiger charge is -2.09. The molecule has 11 heteroatoms. The van der Waals surface area contributed by atoms with Gasteiger partial charge in [-0.3, -0.25) is 24.1 Å². The van der Waals surface area contributed by atoms with Crippen molar-refractivity contribution in [1.82, 2.24) is 14.7 Å². The third-order valence-electron chi connectivity index (χ3n) is 4.35. The lowest BCUT2D eigenvalue weighted by atomic mass is 10.1. The van der Waals surface area contributed by atoms with Gasteiger partial charge in [-0.1, -0.05) is 12.1 Å². The van der Waals surface area contributed by atoms with Gasteiger partial charge in [0.15, 0.2) is 0 Å². The molecule has 3 aromatic rings. The number of fused-ring (bicyclic) bond motifs is 1. The molecule has 0 fully saturated rings. The number of amides is 1. The Morgan fingerprint density at radius 2 is 2.10 bits per heavy atom. The lowest BCUT2D eigenvalue weighted by molar-refractivity contribution is -0.384. The highest BCUT2D eigenvalue weighted by Crippen LogP contribution is 2.31. The van der Waals surface area contributed by atoms with E-state index in [4.69, 9.17) is 10.5 Å². The molecule has 2 heterocycles. The second kappa shape index (κ2) is 9.67. The summed E-state index contributed by atoms with van der Waals surface area (Å²) in [5.74, 6) is -0.313. The van der Waals surface area contributed by atoms with E-state index in [1.165, 1.54) is 12.1 Å². The zero-order chi connectivity index (χ0) is 22.4. The number of hydrogen-bond acceptors (Lipinski definition) is 8. The SMILES string of the molecule is CCOC(=O)CNc1c(-c2cccc([N+](=O)[O-])c2)nc2cc(C(=O)NCCN)ccn12. The summed E-state index contributed by atoms with van der Waals surface area (Å²) in [5.41, 5.74) is 7.02. The summed E-state index contributed by atoms with van der Waals surface area (Å²) in [6, 6.07) is 9.20. The van der Waals surface area contributed by atoms with Crippen molar-refractivity contribution < 1.29 is 19.2 Å². The molecule has 0 aliphatic heterocycles. The van der Waals surface area contributed by atoms with Gasteiger partial charge in [-0.05, 0) is 19.1 Å². The maximum absolute atomic E-state index is 12.3. The highest BCUT2D eigenvalue weighted by atomic mass is 16.6. The van der Waals surface area contributed by atoms with Crippen molar-refractivity contribution in [3.8, 4) is 11.3 Å². The van der Waals surface area contributed by atoms with E-state index in [1.54, 1.807) is 41.8 Å². The summed E-state index contributed by atoms with van der Waals surface area (Å²) in [5, 5.41) is 16.9. The predicted molar refractivity (Wildman–Crippen MR) is 114 cm³/mol. The third-order valence-corrected chi connectivity index (χ3v) is 4.35. The number of nitrogens with zero attached hydrogens (tertiary/aromatic N) is 3. The number of carbonyl (C=O) groups is 2. The molecule has 0 aliphatic carbocycles. The van der Waals surface area contributed by atoms with Crippen molar-refractivity contribution in [2.24, 2.45) is 5.73 Å². The van der Waals surface area contributed by atoms with Crippen molar-refractivity contribution >= 4 is 29.0 Å². The number of nitrogens with two attached hydrogens (primary N) is 1. The maximum Gasteiger partial charge on any atom is 0.325 e. The van der Waals surface area contributed by atoms with E-state index in [2.05, 4.69) is 15.6 Å². The average Bonchev–Trinajstić information content (AvgIpc) is 3.14. The summed E-state index contributed by atoms with van der Waals surface area (Å²) in [6.45, 7) is 2.48. The van der Waals surface area contributed by atoms with Crippen LogP contribution >= 0.6 is 0 Å². The summed E-state index contributed by atoms with van der Waals surface area (Å²) in [6.07, 6.45) is 1.63. The molecule has 0 aliphatic rings. The number of nitro groups is 1. The molecule has 162 valence electrons. The summed E-state index contributed by atoms with van der Waals surface area (Å²) in [4.78, 5) is 39.3. The molecule has 0 saturated carbocycles. The van der Waals surface area contributed by atoms with E-state index >= 15 is 0 Å². The van der Waals surface area contributed by atoms with Crippen LogP contribution in [0.2, 0.25) is 0 Å². The number of benzene rings is 1. The molecule has 0 radical (unpaired) electrons. The highest BCUT2D eigenvalue weighted by molar-refractivity contribution is 5.95. The van der Waals surface area contributed by atoms with Crippen LogP contribution in [0.4, 0.5) is 11.5 Å². The molecule has 0 atom stereocenters. The van der Waals surface area contributed by atoms with Crippen LogP contribution in [0.15, 0.2) is 42.6 Å². The van der Waals surface area contributed by atoms with Crippen molar-refractivity contribution in [3.05, 3.63) is 58.3 Å². The predicted octanol–water partition coefficient (Wildman–Crippen LogP) is 1.57. The molecule has 1 aromatic carbocycles. The molecule has 0 unspecified atom stereocenters. The van der Waals surface area contributed by atoms with Crippen molar-refractivity contribution in [1.29, 1.82) is 0 Å². The molecule has 1 amide bonds. The van der Waals surface area contributed by atoms with Gasteiger partial charge in [0.05, 0.1) is 11.5 Å². The van der Waals surface area contributed by atoms with Crippen LogP contribution in [0.1, 0.15) is 17.3 Å². The number of ether oxygens (including phenoxy) is 1. The second-order valence-corrected chi connectivity index (χ2v) is 6.46. The van der Waals surface area contributed by atoms with Crippen LogP contribution in [0.25, 0.3) is 16.9 Å². The average molecular weight is 426 g/mol. The van der Waals surface area contributed by atoms with Crippen LogP contribution < -0.4 is 16.4 Å². The minimum atomic E-state index is -0.495. The Kier molecular flexibility index (Phi) is 6.78. The largest absolute Gasteiger partial charge is 0.465 e. The molecular formula is C20H22N6O5. The summed E-state index contributed by atoms with van der Waals surface area (Å²) >= 11 is 0. The highest BCUT2D eigenvalue weighted by Gasteiger charge is 2.18. The number of anilines is 1. The topological polar surface area (TPSA) is 154 Å². The van der Waals surface area contributed by atoms with Crippen LogP contribution in [-0.2, 0) is 9.53 Å². The minimum absolute atomic E-state index is 0.0900. The molecule has 0 spiro atoms. The first kappa shape index (κ1) is 21.7. The number of nitrogens with one attached hydrogen (secondary N) is 2. The van der Waals surface area contributed by atoms with E-state index in [9.17, 15) is 19.7 Å². The molecular weight excluding hydrogens is 404 g/mol. The first-order chi connectivity index (χ1) is 14.9. The monoisotopic (exact) mass is 426 g/mol. The molecule has 3 rings (SSSR count). The molecule has 0 bridgehead atoms. The minimum Gasteiger partial charge on any atom is -0.465 e. The molecule has 11 nitrogen and oxygen atoms in total. The fourth-order valence-electron chi connectivity index (χ4n) is 2.98. The Labute approximate surface area is 177 Å². The van der Waals surface area contributed by atoms with Gasteiger partial charge in [0, 0.05) is 42.5 Å². The molecule has 2 aromatic heterocycles. The summed E-state index contributed by atoms with van der Waals surface area (Å²) < 4.78 is 6.61. The lowest BCUT2D eigenvalue weighted by Crippen LogP contribution is -2.29. The van der Waals surface area contributed by atoms with Gasteiger partial charge in [-0.2, -0.15) is 0 Å². The van der Waals surface area contributed by atoms with E-state index < -0.39 is 10.9 Å². The smallest absolute Gasteiger partial charge is 0.325 e. The number of pyridine rings is 1. The Morgan fingerprint density at radius 1 is 1.29 bits per heavy atom. The zero-order valence-corrected chi connectivity index (χ0v) is 16.8. The Balaban J connectivity index is 2.06. The zero-order valence-electron chi connectivity index (χ0n) is 16.8. The molecule has 4 N–H and O–H groups in total. The number of carbonyl (C=O) groups excluding carboxylic acids is 2. The van der Waals surface area contributed by atoms with Crippen molar-refractivity contribution in [2.75, 3.05) is 31.6 Å². The summed E-state index contributed by atoms with van der Waals surface area (Å²) in [7, 11) is 0. The standard InChI is InChI=1S/C20H22N6O5/c1-2-31-17(27)12-23-19-18(13-4-3-5-15(10-13)26(29)30)24-16-11-14(6-9-25(16)19)20(28)22-8-7-21/h3-6,9-11,23H,2,7-8,12,21H2,1H3,(H,22,28). The third kappa shape index (κ3) is 4.95. The Morgan fingerprint density at radius 3 is 2.81 bits per heavy atom. The number of imidazole rings is 1. The number of non-ortho nitro benzene ring substituents is 1. The normalized spacial score (nSPS) is 10.6. The van der Waals surface area contributed by atoms with Crippen LogP contribution in [0.3, 0.4) is 0 Å². The molecule has 31 heavy (non-hydrogen) atoms. The van der Waals surface area contributed by atoms with Gasteiger partial charge in [-0.25, -0.2) is 4.98 Å². The fraction of sp³-hybridized carbons (Fsp3) is 0.250. The van der Waals surface area contributed by atoms with Gasteiger partial charge >= 0.3 is 5.97 Å². The number of esters is 1. The van der Waals surface area contributed by atoms with Gasteiger partial charge in [0.1, 0.15) is 23.7 Å². The van der Waals surface area contributed by atoms with E-state index in [0.717, 1.165) is 0 Å². The van der Waals surface area contributed by atoms with E-state index in [1.807, 2.05) is 0 Å². The Hall–Kier alpha value is -3.99. The van der Waals surface area contributed by atoms with E-state index in [0.29, 0.717) is 41.4 Å². The van der Waals surface area contributed by atoms with Crippen LogP contribution in [0.5, 0.6) is 0 Å². The second-order valence-electron chi connectivity index (χ2n) is 6.46. The first-order valence-corrected chi connectivity index (χ1v) is 9.59. The number of hydrogen-bond donors (Lipinski definition) is 3. The van der Waals surface area contributed by atoms with Gasteiger partial charge in [0.2, 0.25) is 0 Å². The quantitative estimate of drug-likeness (QED) is 0.265. The molecule has 0 saturated heterocycles.